The molecular formula is C12H23NO4. The molecule has 0 saturated carbocycles. The van der Waals surface area contributed by atoms with Gasteiger partial charge in [-0.3, -0.25) is 4.79 Å². The second-order valence-electron chi connectivity index (χ2n) is 5.26. The number of hydrogen-bond acceptors (Lipinski definition) is 4. The molecule has 0 atom stereocenters. The van der Waals surface area contributed by atoms with Gasteiger partial charge in [-0.2, -0.15) is 0 Å². The number of likely N-dealkylation sites (tertiary alicyclic amines) is 1. The summed E-state index contributed by atoms with van der Waals surface area (Å²) in [6.45, 7) is 6.28. The van der Waals surface area contributed by atoms with Gasteiger partial charge in [0.05, 0.1) is 24.7 Å². The Morgan fingerprint density at radius 2 is 2.00 bits per heavy atom. The molecule has 0 aromatic heterocycles. The minimum absolute atomic E-state index is 0.0618. The molecule has 0 bridgehead atoms. The first-order valence-corrected chi connectivity index (χ1v) is 6.14. The van der Waals surface area contributed by atoms with Gasteiger partial charge in [0.15, 0.2) is 0 Å². The molecule has 1 aliphatic rings. The third kappa shape index (κ3) is 4.61. The fraction of sp³-hybridized carbons (Fsp3) is 0.917. The van der Waals surface area contributed by atoms with Gasteiger partial charge in [0.25, 0.3) is 0 Å². The number of aliphatic hydroxyl groups is 1. The van der Waals surface area contributed by atoms with Crippen LogP contribution < -0.4 is 0 Å². The summed E-state index contributed by atoms with van der Waals surface area (Å²) in [5, 5.41) is 17.7. The van der Waals surface area contributed by atoms with Crippen LogP contribution in [-0.2, 0) is 9.53 Å². The van der Waals surface area contributed by atoms with Crippen LogP contribution in [0, 0.1) is 5.41 Å². The van der Waals surface area contributed by atoms with Crippen LogP contribution in [0.25, 0.3) is 0 Å². The monoisotopic (exact) mass is 245 g/mol. The Labute approximate surface area is 102 Å². The number of hydrogen-bond donors (Lipinski definition) is 2. The Morgan fingerprint density at radius 1 is 1.41 bits per heavy atom. The molecule has 5 nitrogen and oxygen atoms in total. The second-order valence-corrected chi connectivity index (χ2v) is 5.26. The van der Waals surface area contributed by atoms with Gasteiger partial charge < -0.3 is 19.8 Å². The zero-order chi connectivity index (χ0) is 12.9. The van der Waals surface area contributed by atoms with Crippen LogP contribution in [0.3, 0.4) is 0 Å². The van der Waals surface area contributed by atoms with E-state index in [0.29, 0.717) is 13.2 Å². The van der Waals surface area contributed by atoms with E-state index in [9.17, 15) is 4.79 Å². The summed E-state index contributed by atoms with van der Waals surface area (Å²) in [5.41, 5.74) is -0.696. The molecule has 0 unspecified atom stereocenters. The predicted octanol–water partition coefficient (Wildman–Crippen LogP) is 0.570. The van der Waals surface area contributed by atoms with Crippen LogP contribution >= 0.6 is 0 Å². The summed E-state index contributed by atoms with van der Waals surface area (Å²) >= 11 is 0. The average Bonchev–Trinajstić information content (AvgIpc) is 2.27. The van der Waals surface area contributed by atoms with Crippen molar-refractivity contribution in [1.29, 1.82) is 0 Å². The minimum atomic E-state index is -0.754. The smallest absolute Gasteiger partial charge is 0.310 e. The number of carbonyl (C=O) groups is 1. The van der Waals surface area contributed by atoms with Crippen LogP contribution in [0.1, 0.15) is 26.7 Å². The van der Waals surface area contributed by atoms with Crippen LogP contribution in [0.2, 0.25) is 0 Å². The topological polar surface area (TPSA) is 70.0 Å². The van der Waals surface area contributed by atoms with Crippen molar-refractivity contribution in [1.82, 2.24) is 4.90 Å². The molecule has 17 heavy (non-hydrogen) atoms. The Kier molecular flexibility index (Phi) is 5.36. The third-order valence-electron chi connectivity index (χ3n) is 3.18. The lowest BCUT2D eigenvalue weighted by molar-refractivity contribution is -0.148. The van der Waals surface area contributed by atoms with E-state index in [2.05, 4.69) is 4.90 Å². The van der Waals surface area contributed by atoms with Gasteiger partial charge in [-0.15, -0.1) is 0 Å². The highest BCUT2D eigenvalue weighted by atomic mass is 16.5. The van der Waals surface area contributed by atoms with Gasteiger partial charge in [0.2, 0.25) is 0 Å². The summed E-state index contributed by atoms with van der Waals surface area (Å²) in [4.78, 5) is 13.2. The van der Waals surface area contributed by atoms with Gasteiger partial charge in [-0.1, -0.05) is 0 Å². The van der Waals surface area contributed by atoms with Gasteiger partial charge in [0.1, 0.15) is 0 Å². The zero-order valence-corrected chi connectivity index (χ0v) is 10.7. The van der Waals surface area contributed by atoms with Crippen molar-refractivity contribution in [2.24, 2.45) is 5.41 Å². The average molecular weight is 245 g/mol. The molecule has 1 rings (SSSR count). The molecule has 0 aromatic rings. The molecule has 0 aromatic carbocycles. The van der Waals surface area contributed by atoms with E-state index in [-0.39, 0.29) is 12.7 Å². The second kappa shape index (κ2) is 6.33. The van der Waals surface area contributed by atoms with Gasteiger partial charge in [0, 0.05) is 19.6 Å². The summed E-state index contributed by atoms with van der Waals surface area (Å²) in [6, 6.07) is 0. The summed E-state index contributed by atoms with van der Waals surface area (Å²) in [5.74, 6) is -0.754. The van der Waals surface area contributed by atoms with E-state index in [1.807, 2.05) is 0 Å². The normalized spacial score (nSPS) is 19.5. The fourth-order valence-corrected chi connectivity index (χ4v) is 2.08. The van der Waals surface area contributed by atoms with Crippen LogP contribution in [0.4, 0.5) is 0 Å². The Bertz CT molecular complexity index is 247. The molecule has 5 heteroatoms. The Hall–Kier alpha value is -0.650. The number of ether oxygens (including phenoxy) is 1. The highest BCUT2D eigenvalue weighted by Crippen LogP contribution is 2.21. The van der Waals surface area contributed by atoms with Crippen molar-refractivity contribution in [3.8, 4) is 0 Å². The van der Waals surface area contributed by atoms with E-state index in [1.54, 1.807) is 13.8 Å². The van der Waals surface area contributed by atoms with E-state index in [1.165, 1.54) is 0 Å². The lowest BCUT2D eigenvalue weighted by Crippen LogP contribution is -2.44. The van der Waals surface area contributed by atoms with E-state index in [0.717, 1.165) is 25.9 Å². The van der Waals surface area contributed by atoms with Crippen LogP contribution in [0.5, 0.6) is 0 Å². The highest BCUT2D eigenvalue weighted by molar-refractivity contribution is 5.73. The predicted molar refractivity (Wildman–Crippen MR) is 63.9 cm³/mol. The summed E-state index contributed by atoms with van der Waals surface area (Å²) in [6.07, 6.45) is 2.04. The molecule has 0 spiro atoms. The van der Waals surface area contributed by atoms with E-state index in [4.69, 9.17) is 14.9 Å². The van der Waals surface area contributed by atoms with Crippen molar-refractivity contribution in [3.63, 3.8) is 0 Å². The Morgan fingerprint density at radius 3 is 2.47 bits per heavy atom. The van der Waals surface area contributed by atoms with Crippen molar-refractivity contribution in [3.05, 3.63) is 0 Å². The maximum Gasteiger partial charge on any atom is 0.310 e. The largest absolute Gasteiger partial charge is 0.481 e. The first kappa shape index (κ1) is 14.4. The maximum absolute atomic E-state index is 11.0. The van der Waals surface area contributed by atoms with Crippen LogP contribution in [-0.4, -0.2) is 60.0 Å². The van der Waals surface area contributed by atoms with Crippen molar-refractivity contribution >= 4 is 5.97 Å². The third-order valence-corrected chi connectivity index (χ3v) is 3.18. The number of aliphatic carboxylic acids is 1. The lowest BCUT2D eigenvalue weighted by atomic mass is 9.92. The molecule has 1 fully saturated rings. The van der Waals surface area contributed by atoms with Crippen molar-refractivity contribution < 1.29 is 19.7 Å². The van der Waals surface area contributed by atoms with E-state index >= 15 is 0 Å². The number of carboxylic acid groups (broad SMARTS) is 1. The summed E-state index contributed by atoms with van der Waals surface area (Å²) < 4.78 is 5.47. The molecule has 1 heterocycles. The number of piperidine rings is 1. The van der Waals surface area contributed by atoms with E-state index < -0.39 is 11.4 Å². The zero-order valence-electron chi connectivity index (χ0n) is 10.7. The van der Waals surface area contributed by atoms with Crippen LogP contribution in [0.15, 0.2) is 0 Å². The molecule has 1 aliphatic heterocycles. The number of rotatable bonds is 6. The SMILES string of the molecule is CC(C)(CN1CCC(OCCO)CC1)C(=O)O. The number of carboxylic acids is 1. The molecule has 0 radical (unpaired) electrons. The molecule has 0 aliphatic carbocycles. The van der Waals surface area contributed by atoms with Gasteiger partial charge in [-0.05, 0) is 26.7 Å². The molecule has 2 N–H and O–H groups in total. The van der Waals surface area contributed by atoms with Gasteiger partial charge in [-0.25, -0.2) is 0 Å². The Balaban J connectivity index is 2.30. The maximum atomic E-state index is 11.0. The first-order chi connectivity index (χ1) is 7.95. The summed E-state index contributed by atoms with van der Waals surface area (Å²) in [7, 11) is 0. The molecule has 1 saturated heterocycles. The molecular weight excluding hydrogens is 222 g/mol. The molecule has 0 amide bonds. The standard InChI is InChI=1S/C12H23NO4/c1-12(2,11(15)16)9-13-5-3-10(4-6-13)17-8-7-14/h10,14H,3-9H2,1-2H3,(H,15,16). The number of nitrogens with zero attached hydrogens (tertiary/aromatic N) is 1. The quantitative estimate of drug-likeness (QED) is 0.716. The molecule has 100 valence electrons. The van der Waals surface area contributed by atoms with Crippen molar-refractivity contribution in [2.75, 3.05) is 32.8 Å². The lowest BCUT2D eigenvalue weighted by Gasteiger charge is -2.35. The fourth-order valence-electron chi connectivity index (χ4n) is 2.08. The first-order valence-electron chi connectivity index (χ1n) is 6.14. The van der Waals surface area contributed by atoms with Gasteiger partial charge >= 0.3 is 5.97 Å². The van der Waals surface area contributed by atoms with Crippen molar-refractivity contribution in [2.45, 2.75) is 32.8 Å². The number of aliphatic hydroxyl groups excluding tert-OH is 1. The minimum Gasteiger partial charge on any atom is -0.481 e. The highest BCUT2D eigenvalue weighted by Gasteiger charge is 2.31.